The van der Waals surface area contributed by atoms with Gasteiger partial charge in [-0.3, -0.25) is 4.79 Å². The first-order valence-electron chi connectivity index (χ1n) is 7.17. The number of benzene rings is 1. The summed E-state index contributed by atoms with van der Waals surface area (Å²) in [6, 6.07) is 9.79. The van der Waals surface area contributed by atoms with Crippen molar-refractivity contribution >= 4 is 11.9 Å². The molecule has 0 saturated carbocycles. The molecule has 3 nitrogen and oxygen atoms in total. The van der Waals surface area contributed by atoms with Crippen molar-refractivity contribution in [1.82, 2.24) is 0 Å². The molecule has 0 amide bonds. The summed E-state index contributed by atoms with van der Waals surface area (Å²) in [6.45, 7) is 0. The first-order valence-corrected chi connectivity index (χ1v) is 7.17. The molecule has 1 aliphatic carbocycles. The predicted octanol–water partition coefficient (Wildman–Crippen LogP) is 3.99. The van der Waals surface area contributed by atoms with E-state index < -0.39 is 0 Å². The standard InChI is InChI=1S/C18H18O3/c1-20-15-9-7-13-8-10-18(19)16(17(13)12-15)6-2-4-14-5-3-11-21-14/h2-5,7,9,11-12,16H,6,8,10H2,1H3/b4-2+. The van der Waals surface area contributed by atoms with Crippen LogP contribution in [0.3, 0.4) is 0 Å². The summed E-state index contributed by atoms with van der Waals surface area (Å²) < 4.78 is 10.5. The van der Waals surface area contributed by atoms with Gasteiger partial charge in [0.1, 0.15) is 17.3 Å². The molecule has 0 fully saturated rings. The molecule has 0 radical (unpaired) electrons. The molecule has 1 heterocycles. The highest BCUT2D eigenvalue weighted by atomic mass is 16.5. The summed E-state index contributed by atoms with van der Waals surface area (Å²) in [4.78, 5) is 12.3. The van der Waals surface area contributed by atoms with Crippen LogP contribution in [0.4, 0.5) is 0 Å². The second-order valence-electron chi connectivity index (χ2n) is 5.24. The number of fused-ring (bicyclic) bond motifs is 1. The number of Topliss-reactive ketones (excluding diaryl/α,β-unsaturated/α-hetero) is 1. The van der Waals surface area contributed by atoms with E-state index in [0.29, 0.717) is 18.6 Å². The van der Waals surface area contributed by atoms with Crippen molar-refractivity contribution in [2.24, 2.45) is 0 Å². The SMILES string of the molecule is COc1ccc2c(c1)C(C/C=C/c1ccco1)C(=O)CC2. The van der Waals surface area contributed by atoms with Gasteiger partial charge in [0, 0.05) is 12.3 Å². The number of hydrogen-bond donors (Lipinski definition) is 0. The molecule has 21 heavy (non-hydrogen) atoms. The Morgan fingerprint density at radius 1 is 1.33 bits per heavy atom. The maximum atomic E-state index is 12.3. The van der Waals surface area contributed by atoms with Gasteiger partial charge < -0.3 is 9.15 Å². The van der Waals surface area contributed by atoms with Crippen molar-refractivity contribution in [3.05, 3.63) is 59.6 Å². The monoisotopic (exact) mass is 282 g/mol. The fourth-order valence-corrected chi connectivity index (χ4v) is 2.82. The highest BCUT2D eigenvalue weighted by molar-refractivity contribution is 5.88. The summed E-state index contributed by atoms with van der Waals surface area (Å²) >= 11 is 0. The van der Waals surface area contributed by atoms with E-state index in [1.807, 2.05) is 36.4 Å². The van der Waals surface area contributed by atoms with Crippen molar-refractivity contribution in [2.75, 3.05) is 7.11 Å². The van der Waals surface area contributed by atoms with E-state index >= 15 is 0 Å². The Hall–Kier alpha value is -2.29. The quantitative estimate of drug-likeness (QED) is 0.851. The molecule has 0 aliphatic heterocycles. The van der Waals surface area contributed by atoms with Crippen molar-refractivity contribution in [2.45, 2.75) is 25.2 Å². The van der Waals surface area contributed by atoms with Crippen molar-refractivity contribution in [1.29, 1.82) is 0 Å². The number of aryl methyl sites for hydroxylation is 1. The van der Waals surface area contributed by atoms with Gasteiger partial charge in [-0.25, -0.2) is 0 Å². The van der Waals surface area contributed by atoms with Gasteiger partial charge in [0.2, 0.25) is 0 Å². The Balaban J connectivity index is 1.83. The zero-order valence-electron chi connectivity index (χ0n) is 12.0. The number of carbonyl (C=O) groups is 1. The Bertz CT molecular complexity index is 653. The lowest BCUT2D eigenvalue weighted by molar-refractivity contribution is -0.120. The molecule has 0 bridgehead atoms. The molecule has 0 spiro atoms. The third kappa shape index (κ3) is 2.92. The average molecular weight is 282 g/mol. The number of methoxy groups -OCH3 is 1. The molecule has 2 aromatic rings. The van der Waals surface area contributed by atoms with Gasteiger partial charge >= 0.3 is 0 Å². The lowest BCUT2D eigenvalue weighted by Gasteiger charge is -2.24. The van der Waals surface area contributed by atoms with Crippen LogP contribution in [0.2, 0.25) is 0 Å². The zero-order valence-corrected chi connectivity index (χ0v) is 12.0. The number of furan rings is 1. The van der Waals surface area contributed by atoms with Crippen LogP contribution in [0, 0.1) is 0 Å². The Morgan fingerprint density at radius 3 is 3.00 bits per heavy atom. The van der Waals surface area contributed by atoms with Gasteiger partial charge in [-0.05, 0) is 54.3 Å². The van der Waals surface area contributed by atoms with E-state index in [-0.39, 0.29) is 5.92 Å². The molecular formula is C18H18O3. The van der Waals surface area contributed by atoms with Crippen molar-refractivity contribution in [3.63, 3.8) is 0 Å². The highest BCUT2D eigenvalue weighted by Crippen LogP contribution is 2.34. The largest absolute Gasteiger partial charge is 0.497 e. The van der Waals surface area contributed by atoms with E-state index in [2.05, 4.69) is 6.07 Å². The molecule has 1 aromatic heterocycles. The summed E-state index contributed by atoms with van der Waals surface area (Å²) in [6.07, 6.45) is 7.72. The third-order valence-electron chi connectivity index (χ3n) is 3.95. The van der Waals surface area contributed by atoms with Gasteiger partial charge in [-0.15, -0.1) is 0 Å². The Morgan fingerprint density at radius 2 is 2.24 bits per heavy atom. The molecule has 0 saturated heterocycles. The first-order chi connectivity index (χ1) is 10.3. The predicted molar refractivity (Wildman–Crippen MR) is 81.4 cm³/mol. The lowest BCUT2D eigenvalue weighted by Crippen LogP contribution is -2.20. The molecule has 108 valence electrons. The van der Waals surface area contributed by atoms with Crippen LogP contribution in [-0.2, 0) is 11.2 Å². The number of allylic oxidation sites excluding steroid dienone is 1. The van der Waals surface area contributed by atoms with Gasteiger partial charge in [0.25, 0.3) is 0 Å². The molecule has 0 N–H and O–H groups in total. The van der Waals surface area contributed by atoms with Crippen LogP contribution in [0.15, 0.2) is 47.1 Å². The van der Waals surface area contributed by atoms with Gasteiger partial charge in [-0.1, -0.05) is 12.1 Å². The fraction of sp³-hybridized carbons (Fsp3) is 0.278. The van der Waals surface area contributed by atoms with Gasteiger partial charge in [-0.2, -0.15) is 0 Å². The number of carbonyl (C=O) groups excluding carboxylic acids is 1. The summed E-state index contributed by atoms with van der Waals surface area (Å²) in [5, 5.41) is 0. The summed E-state index contributed by atoms with van der Waals surface area (Å²) in [7, 11) is 1.65. The van der Waals surface area contributed by atoms with E-state index in [1.54, 1.807) is 13.4 Å². The summed E-state index contributed by atoms with van der Waals surface area (Å²) in [5.41, 5.74) is 2.36. The van der Waals surface area contributed by atoms with Crippen LogP contribution in [0.5, 0.6) is 5.75 Å². The summed E-state index contributed by atoms with van der Waals surface area (Å²) in [5.74, 6) is 1.85. The zero-order chi connectivity index (χ0) is 14.7. The van der Waals surface area contributed by atoms with Gasteiger partial charge in [0.05, 0.1) is 13.4 Å². The number of rotatable bonds is 4. The Kier molecular flexibility index (Phi) is 3.91. The molecule has 1 unspecified atom stereocenters. The second kappa shape index (κ2) is 6.00. The first kappa shape index (κ1) is 13.7. The molecule has 1 atom stereocenters. The van der Waals surface area contributed by atoms with Crippen LogP contribution in [0.25, 0.3) is 6.08 Å². The minimum Gasteiger partial charge on any atom is -0.497 e. The second-order valence-corrected chi connectivity index (χ2v) is 5.24. The van der Waals surface area contributed by atoms with Crippen LogP contribution in [0.1, 0.15) is 35.6 Å². The van der Waals surface area contributed by atoms with Crippen LogP contribution in [-0.4, -0.2) is 12.9 Å². The normalized spacial score (nSPS) is 18.0. The highest BCUT2D eigenvalue weighted by Gasteiger charge is 2.26. The van der Waals surface area contributed by atoms with Crippen LogP contribution >= 0.6 is 0 Å². The number of ketones is 1. The fourth-order valence-electron chi connectivity index (χ4n) is 2.82. The third-order valence-corrected chi connectivity index (χ3v) is 3.95. The van der Waals surface area contributed by atoms with E-state index in [9.17, 15) is 4.79 Å². The molecule has 3 rings (SSSR count). The molecule has 1 aliphatic rings. The molecular weight excluding hydrogens is 264 g/mol. The van der Waals surface area contributed by atoms with Gasteiger partial charge in [0.15, 0.2) is 0 Å². The maximum Gasteiger partial charge on any atom is 0.140 e. The van der Waals surface area contributed by atoms with E-state index in [0.717, 1.165) is 23.5 Å². The van der Waals surface area contributed by atoms with Crippen molar-refractivity contribution < 1.29 is 13.9 Å². The lowest BCUT2D eigenvalue weighted by atomic mass is 9.80. The number of ether oxygens (including phenoxy) is 1. The minimum atomic E-state index is -0.0740. The van der Waals surface area contributed by atoms with Crippen LogP contribution < -0.4 is 4.74 Å². The van der Waals surface area contributed by atoms with E-state index in [4.69, 9.17) is 9.15 Å². The molecule has 1 aromatic carbocycles. The number of hydrogen-bond acceptors (Lipinski definition) is 3. The van der Waals surface area contributed by atoms with E-state index in [1.165, 1.54) is 5.56 Å². The topological polar surface area (TPSA) is 39.4 Å². The van der Waals surface area contributed by atoms with Crippen molar-refractivity contribution in [3.8, 4) is 5.75 Å². The maximum absolute atomic E-state index is 12.3. The Labute approximate surface area is 124 Å². The molecule has 3 heteroatoms. The minimum absolute atomic E-state index is 0.0740. The average Bonchev–Trinajstić information content (AvgIpc) is 3.02. The smallest absolute Gasteiger partial charge is 0.140 e.